The maximum atomic E-state index is 12.9. The van der Waals surface area contributed by atoms with Crippen LogP contribution in [0.4, 0.5) is 0 Å². The van der Waals surface area contributed by atoms with Crippen LogP contribution in [0.2, 0.25) is 0 Å². The van der Waals surface area contributed by atoms with Crippen LogP contribution in [-0.4, -0.2) is 53.0 Å². The van der Waals surface area contributed by atoms with Crippen molar-refractivity contribution in [2.75, 3.05) is 26.2 Å². The van der Waals surface area contributed by atoms with Gasteiger partial charge >= 0.3 is 5.97 Å². The number of piperidine rings is 1. The first-order chi connectivity index (χ1) is 11.5. The Balaban J connectivity index is 1.67. The molecule has 1 amide bonds. The van der Waals surface area contributed by atoms with Crippen LogP contribution >= 0.6 is 11.3 Å². The number of carbonyl (C=O) groups excluding carboxylic acids is 1. The van der Waals surface area contributed by atoms with Crippen molar-refractivity contribution in [1.29, 1.82) is 0 Å². The minimum absolute atomic E-state index is 0.136. The molecule has 0 saturated carbocycles. The smallest absolute Gasteiger partial charge is 0.307 e. The third-order valence-corrected chi connectivity index (χ3v) is 6.24. The van der Waals surface area contributed by atoms with Crippen LogP contribution in [0.3, 0.4) is 0 Å². The lowest BCUT2D eigenvalue weighted by Gasteiger charge is -2.39. The molecule has 0 bridgehead atoms. The molecule has 0 aromatic carbocycles. The van der Waals surface area contributed by atoms with Crippen molar-refractivity contribution in [2.24, 2.45) is 11.8 Å². The van der Waals surface area contributed by atoms with Gasteiger partial charge in [-0.2, -0.15) is 0 Å². The second-order valence-electron chi connectivity index (χ2n) is 7.13. The number of carboxylic acid groups (broad SMARTS) is 1. The summed E-state index contributed by atoms with van der Waals surface area (Å²) in [5.74, 6) is -0.643. The quantitative estimate of drug-likeness (QED) is 0.907. The molecule has 5 nitrogen and oxygen atoms in total. The fourth-order valence-electron chi connectivity index (χ4n) is 4.19. The van der Waals surface area contributed by atoms with E-state index in [9.17, 15) is 14.7 Å². The largest absolute Gasteiger partial charge is 0.481 e. The summed E-state index contributed by atoms with van der Waals surface area (Å²) in [5, 5.41) is 11.4. The number of likely N-dealkylation sites (tertiary alicyclic amines) is 1. The van der Waals surface area contributed by atoms with E-state index < -0.39 is 5.97 Å². The van der Waals surface area contributed by atoms with Gasteiger partial charge in [-0.05, 0) is 42.2 Å². The SMILES string of the molecule is CCC1c2ccsc2CCN1C(=O)CN1CC(C)CC(C(=O)O)C1. The molecule has 1 aromatic heterocycles. The van der Waals surface area contributed by atoms with Gasteiger partial charge < -0.3 is 10.0 Å². The normalized spacial score (nSPS) is 27.8. The summed E-state index contributed by atoms with van der Waals surface area (Å²) in [7, 11) is 0. The maximum absolute atomic E-state index is 12.9. The number of carbonyl (C=O) groups is 2. The Hall–Kier alpha value is -1.40. The number of thiophene rings is 1. The zero-order valence-electron chi connectivity index (χ0n) is 14.4. The highest BCUT2D eigenvalue weighted by atomic mass is 32.1. The fraction of sp³-hybridized carbons (Fsp3) is 0.667. The highest BCUT2D eigenvalue weighted by Gasteiger charge is 2.34. The number of rotatable bonds is 4. The van der Waals surface area contributed by atoms with Gasteiger partial charge in [0, 0.05) is 24.5 Å². The molecular weight excluding hydrogens is 324 g/mol. The van der Waals surface area contributed by atoms with Gasteiger partial charge in [-0.1, -0.05) is 13.8 Å². The topological polar surface area (TPSA) is 60.9 Å². The first kappa shape index (κ1) is 17.4. The molecule has 3 atom stereocenters. The molecule has 1 saturated heterocycles. The van der Waals surface area contributed by atoms with E-state index in [1.807, 2.05) is 9.80 Å². The average molecular weight is 350 g/mol. The van der Waals surface area contributed by atoms with Gasteiger partial charge in [0.2, 0.25) is 5.91 Å². The van der Waals surface area contributed by atoms with Crippen LogP contribution in [0.15, 0.2) is 11.4 Å². The highest BCUT2D eigenvalue weighted by Crippen LogP contribution is 2.35. The van der Waals surface area contributed by atoms with Gasteiger partial charge in [0.05, 0.1) is 18.5 Å². The standard InChI is InChI=1S/C18H26N2O3S/c1-3-15-14-5-7-24-16(14)4-6-20(15)17(21)11-19-9-12(2)8-13(10-19)18(22)23/h5,7,12-13,15H,3-4,6,8-11H2,1-2H3,(H,22,23). The first-order valence-electron chi connectivity index (χ1n) is 8.80. The molecule has 3 heterocycles. The van der Waals surface area contributed by atoms with E-state index in [4.69, 9.17) is 0 Å². The molecular formula is C18H26N2O3S. The molecule has 0 radical (unpaired) electrons. The second-order valence-corrected chi connectivity index (χ2v) is 8.13. The summed E-state index contributed by atoms with van der Waals surface area (Å²) in [6.45, 7) is 6.60. The molecule has 2 aliphatic rings. The van der Waals surface area contributed by atoms with Crippen molar-refractivity contribution in [3.8, 4) is 0 Å². The van der Waals surface area contributed by atoms with Crippen molar-refractivity contribution in [2.45, 2.75) is 39.2 Å². The van der Waals surface area contributed by atoms with Gasteiger partial charge in [0.25, 0.3) is 0 Å². The van der Waals surface area contributed by atoms with E-state index in [1.54, 1.807) is 11.3 Å². The van der Waals surface area contributed by atoms with Crippen molar-refractivity contribution in [3.05, 3.63) is 21.9 Å². The van der Waals surface area contributed by atoms with Crippen LogP contribution in [0.5, 0.6) is 0 Å². The molecule has 0 aliphatic carbocycles. The molecule has 6 heteroatoms. The van der Waals surface area contributed by atoms with Crippen LogP contribution in [0.25, 0.3) is 0 Å². The molecule has 0 spiro atoms. The summed E-state index contributed by atoms with van der Waals surface area (Å²) >= 11 is 1.78. The summed E-state index contributed by atoms with van der Waals surface area (Å²) < 4.78 is 0. The Labute approximate surface area is 147 Å². The molecule has 1 N–H and O–H groups in total. The van der Waals surface area contributed by atoms with Crippen LogP contribution in [0, 0.1) is 11.8 Å². The third kappa shape index (κ3) is 3.49. The molecule has 3 unspecified atom stereocenters. The Morgan fingerprint density at radius 3 is 2.88 bits per heavy atom. The second kappa shape index (κ2) is 7.23. The number of aliphatic carboxylic acids is 1. The number of nitrogens with zero attached hydrogens (tertiary/aromatic N) is 2. The van der Waals surface area contributed by atoms with Gasteiger partial charge in [-0.25, -0.2) is 0 Å². The number of hydrogen-bond donors (Lipinski definition) is 1. The Kier molecular flexibility index (Phi) is 5.25. The fourth-order valence-corrected chi connectivity index (χ4v) is 5.12. The van der Waals surface area contributed by atoms with E-state index in [1.165, 1.54) is 10.4 Å². The van der Waals surface area contributed by atoms with E-state index in [0.717, 1.165) is 25.9 Å². The van der Waals surface area contributed by atoms with Gasteiger partial charge in [-0.3, -0.25) is 14.5 Å². The summed E-state index contributed by atoms with van der Waals surface area (Å²) in [6, 6.07) is 2.32. The van der Waals surface area contributed by atoms with E-state index in [-0.39, 0.29) is 17.9 Å². The lowest BCUT2D eigenvalue weighted by molar-refractivity contribution is -0.146. The molecule has 24 heavy (non-hydrogen) atoms. The monoisotopic (exact) mass is 350 g/mol. The number of amides is 1. The average Bonchev–Trinajstić information content (AvgIpc) is 3.01. The van der Waals surface area contributed by atoms with Crippen LogP contribution in [-0.2, 0) is 16.0 Å². The third-order valence-electron chi connectivity index (χ3n) is 5.25. The summed E-state index contributed by atoms with van der Waals surface area (Å²) in [4.78, 5) is 29.7. The zero-order valence-corrected chi connectivity index (χ0v) is 15.2. The van der Waals surface area contributed by atoms with Gasteiger partial charge in [-0.15, -0.1) is 11.3 Å². The number of fused-ring (bicyclic) bond motifs is 1. The van der Waals surface area contributed by atoms with E-state index >= 15 is 0 Å². The Morgan fingerprint density at radius 1 is 1.38 bits per heavy atom. The minimum Gasteiger partial charge on any atom is -0.481 e. The zero-order chi connectivity index (χ0) is 17.3. The lowest BCUT2D eigenvalue weighted by Crippen LogP contribution is -2.49. The van der Waals surface area contributed by atoms with Gasteiger partial charge in [0.1, 0.15) is 0 Å². The van der Waals surface area contributed by atoms with Crippen molar-refractivity contribution in [1.82, 2.24) is 9.80 Å². The molecule has 1 fully saturated rings. The van der Waals surface area contributed by atoms with Crippen molar-refractivity contribution < 1.29 is 14.7 Å². The molecule has 2 aliphatic heterocycles. The van der Waals surface area contributed by atoms with E-state index in [0.29, 0.717) is 25.4 Å². The predicted molar refractivity (Wildman–Crippen MR) is 94.1 cm³/mol. The maximum Gasteiger partial charge on any atom is 0.307 e. The van der Waals surface area contributed by atoms with Crippen molar-refractivity contribution in [3.63, 3.8) is 0 Å². The molecule has 132 valence electrons. The van der Waals surface area contributed by atoms with Crippen LogP contribution in [0.1, 0.15) is 43.2 Å². The Morgan fingerprint density at radius 2 is 2.17 bits per heavy atom. The Bertz CT molecular complexity index is 615. The van der Waals surface area contributed by atoms with Crippen LogP contribution < -0.4 is 0 Å². The summed E-state index contributed by atoms with van der Waals surface area (Å²) in [6.07, 6.45) is 2.56. The molecule has 1 aromatic rings. The van der Waals surface area contributed by atoms with Gasteiger partial charge in [0.15, 0.2) is 0 Å². The highest BCUT2D eigenvalue weighted by molar-refractivity contribution is 7.10. The van der Waals surface area contributed by atoms with Crippen molar-refractivity contribution >= 4 is 23.2 Å². The predicted octanol–water partition coefficient (Wildman–Crippen LogP) is 2.63. The lowest BCUT2D eigenvalue weighted by atomic mass is 9.90. The number of carboxylic acids is 1. The number of hydrogen-bond acceptors (Lipinski definition) is 4. The van der Waals surface area contributed by atoms with E-state index in [2.05, 4.69) is 25.3 Å². The summed E-state index contributed by atoms with van der Waals surface area (Å²) in [5.41, 5.74) is 1.30. The minimum atomic E-state index is -0.744. The molecule has 3 rings (SSSR count). The first-order valence-corrected chi connectivity index (χ1v) is 9.68.